The number of benzene rings is 2. The van der Waals surface area contributed by atoms with Crippen molar-refractivity contribution in [2.75, 3.05) is 0 Å². The molecule has 0 fully saturated rings. The first-order valence-corrected chi connectivity index (χ1v) is 12.8. The minimum Gasteiger partial charge on any atom is -0.598 e. The van der Waals surface area contributed by atoms with Crippen molar-refractivity contribution in [1.29, 1.82) is 0 Å². The van der Waals surface area contributed by atoms with Gasteiger partial charge in [0.25, 0.3) is 10.0 Å². The number of hydrogen-bond acceptors (Lipinski definition) is 4. The molecule has 0 bridgehead atoms. The lowest BCUT2D eigenvalue weighted by atomic mass is 9.91. The van der Waals surface area contributed by atoms with E-state index in [1.54, 1.807) is 12.1 Å². The first-order valence-electron chi connectivity index (χ1n) is 10.2. The Hall–Kier alpha value is -1.80. The van der Waals surface area contributed by atoms with Gasteiger partial charge >= 0.3 is 0 Å². The van der Waals surface area contributed by atoms with Crippen molar-refractivity contribution in [3.8, 4) is 0 Å². The van der Waals surface area contributed by atoms with Crippen molar-refractivity contribution in [3.63, 3.8) is 0 Å². The Kier molecular flexibility index (Phi) is 5.51. The second-order valence-corrected chi connectivity index (χ2v) is 12.7. The Morgan fingerprint density at radius 1 is 1.10 bits per heavy atom. The van der Waals surface area contributed by atoms with Gasteiger partial charge in [0.1, 0.15) is 4.75 Å². The SMILES string of the molecule is Cc1ccc(S(=O)(=O)n2c3c(c4ccccc42)[C@@H](N[S+]([O-])C(C)(C)C)CCC3)cc1. The molecule has 2 atom stereocenters. The first-order chi connectivity index (χ1) is 14.1. The summed E-state index contributed by atoms with van der Waals surface area (Å²) in [6.07, 6.45) is 2.34. The van der Waals surface area contributed by atoms with E-state index in [9.17, 15) is 13.0 Å². The topological polar surface area (TPSA) is 74.2 Å². The van der Waals surface area contributed by atoms with Gasteiger partial charge < -0.3 is 4.55 Å². The molecule has 0 saturated heterocycles. The van der Waals surface area contributed by atoms with Gasteiger partial charge in [-0.1, -0.05) is 35.9 Å². The molecule has 160 valence electrons. The quantitative estimate of drug-likeness (QED) is 0.596. The average molecular weight is 445 g/mol. The number of rotatable bonds is 4. The lowest BCUT2D eigenvalue weighted by Crippen LogP contribution is -2.42. The zero-order valence-corrected chi connectivity index (χ0v) is 19.4. The molecular formula is C23H28N2O3S2. The molecule has 0 spiro atoms. The fourth-order valence-corrected chi connectivity index (χ4v) is 6.48. The van der Waals surface area contributed by atoms with Gasteiger partial charge in [-0.3, -0.25) is 0 Å². The van der Waals surface area contributed by atoms with E-state index in [2.05, 4.69) is 4.72 Å². The number of nitrogens with one attached hydrogen (secondary N) is 1. The second kappa shape index (κ2) is 7.71. The van der Waals surface area contributed by atoms with Crippen molar-refractivity contribution >= 4 is 32.3 Å². The summed E-state index contributed by atoms with van der Waals surface area (Å²) < 4.78 is 44.5. The van der Waals surface area contributed by atoms with E-state index < -0.39 is 26.1 Å². The molecule has 7 heteroatoms. The van der Waals surface area contributed by atoms with E-state index in [0.29, 0.717) is 11.9 Å². The monoisotopic (exact) mass is 444 g/mol. The summed E-state index contributed by atoms with van der Waals surface area (Å²) in [4.78, 5) is 0.282. The molecule has 5 nitrogen and oxygen atoms in total. The summed E-state index contributed by atoms with van der Waals surface area (Å²) in [5.41, 5.74) is 3.46. The molecular weight excluding hydrogens is 416 g/mol. The standard InChI is InChI=1S/C23H28N2O3S2/c1-16-12-14-17(15-13-16)30(27,28)25-20-10-6-5-8-18(20)22-19(9-7-11-21(22)25)24-29(26)23(2,3)4/h5-6,8,10,12-15,19,24H,7,9,11H2,1-4H3/t19-,29?/m0/s1. The molecule has 1 unspecified atom stereocenters. The molecule has 4 rings (SSSR count). The van der Waals surface area contributed by atoms with E-state index in [1.165, 1.54) is 3.97 Å². The second-order valence-electron chi connectivity index (χ2n) is 8.90. The Bertz CT molecular complexity index is 1180. The summed E-state index contributed by atoms with van der Waals surface area (Å²) in [7, 11) is -3.75. The number of aromatic nitrogens is 1. The highest BCUT2D eigenvalue weighted by Gasteiger charge is 2.36. The molecule has 30 heavy (non-hydrogen) atoms. The van der Waals surface area contributed by atoms with Gasteiger partial charge in [-0.15, -0.1) is 4.72 Å². The molecule has 0 radical (unpaired) electrons. The van der Waals surface area contributed by atoms with Gasteiger partial charge in [0.2, 0.25) is 0 Å². The smallest absolute Gasteiger partial charge is 0.268 e. The van der Waals surface area contributed by atoms with Crippen molar-refractivity contribution in [2.24, 2.45) is 0 Å². The largest absolute Gasteiger partial charge is 0.598 e. The van der Waals surface area contributed by atoms with Crippen LogP contribution in [0.2, 0.25) is 0 Å². The molecule has 0 amide bonds. The Balaban J connectivity index is 1.91. The molecule has 1 heterocycles. The maximum Gasteiger partial charge on any atom is 0.268 e. The zero-order chi connectivity index (χ0) is 21.7. The highest BCUT2D eigenvalue weighted by molar-refractivity contribution is 7.91. The Labute approximate surface area is 181 Å². The van der Waals surface area contributed by atoms with Gasteiger partial charge in [0, 0.05) is 28.0 Å². The van der Waals surface area contributed by atoms with Crippen molar-refractivity contribution < 1.29 is 13.0 Å². The maximum atomic E-state index is 13.7. The van der Waals surface area contributed by atoms with Crippen LogP contribution in [0.5, 0.6) is 0 Å². The number of hydrogen-bond donors (Lipinski definition) is 1. The highest BCUT2D eigenvalue weighted by atomic mass is 32.2. The lowest BCUT2D eigenvalue weighted by molar-refractivity contribution is 0.488. The van der Waals surface area contributed by atoms with Crippen LogP contribution >= 0.6 is 0 Å². The number of para-hydroxylation sites is 1. The predicted octanol–water partition coefficient (Wildman–Crippen LogP) is 4.62. The summed E-state index contributed by atoms with van der Waals surface area (Å²) in [5.74, 6) is 0. The predicted molar refractivity (Wildman–Crippen MR) is 122 cm³/mol. The number of fused-ring (bicyclic) bond motifs is 3. The summed E-state index contributed by atoms with van der Waals surface area (Å²) in [6, 6.07) is 14.4. The molecule has 0 saturated carbocycles. The van der Waals surface area contributed by atoms with Gasteiger partial charge in [0.15, 0.2) is 0 Å². The molecule has 3 aromatic rings. The van der Waals surface area contributed by atoms with E-state index in [0.717, 1.165) is 35.0 Å². The Morgan fingerprint density at radius 2 is 1.77 bits per heavy atom. The third kappa shape index (κ3) is 3.68. The minimum absolute atomic E-state index is 0.145. The van der Waals surface area contributed by atoms with E-state index in [-0.39, 0.29) is 10.9 Å². The van der Waals surface area contributed by atoms with Crippen molar-refractivity contribution in [2.45, 2.75) is 62.6 Å². The first kappa shape index (κ1) is 21.4. The maximum absolute atomic E-state index is 13.7. The van der Waals surface area contributed by atoms with Crippen LogP contribution in [-0.4, -0.2) is 21.7 Å². The van der Waals surface area contributed by atoms with Crippen LogP contribution in [0, 0.1) is 6.92 Å². The van der Waals surface area contributed by atoms with Crippen LogP contribution in [0.3, 0.4) is 0 Å². The molecule has 1 aromatic heterocycles. The van der Waals surface area contributed by atoms with Crippen molar-refractivity contribution in [1.82, 2.24) is 8.69 Å². The van der Waals surface area contributed by atoms with Gasteiger partial charge in [-0.05, 0) is 65.2 Å². The van der Waals surface area contributed by atoms with E-state index in [4.69, 9.17) is 0 Å². The van der Waals surface area contributed by atoms with Crippen LogP contribution in [0.1, 0.15) is 56.5 Å². The van der Waals surface area contributed by atoms with Crippen molar-refractivity contribution in [3.05, 3.63) is 65.4 Å². The van der Waals surface area contributed by atoms with Crippen LogP contribution in [0.4, 0.5) is 0 Å². The fourth-order valence-electron chi connectivity index (χ4n) is 4.05. The zero-order valence-electron chi connectivity index (χ0n) is 17.8. The number of nitrogens with zero attached hydrogens (tertiary/aromatic N) is 1. The van der Waals surface area contributed by atoms with Gasteiger partial charge in [-0.25, -0.2) is 12.4 Å². The van der Waals surface area contributed by atoms with Crippen LogP contribution < -0.4 is 4.72 Å². The molecule has 2 aromatic carbocycles. The van der Waals surface area contributed by atoms with E-state index >= 15 is 0 Å². The fraction of sp³-hybridized carbons (Fsp3) is 0.391. The normalized spacial score (nSPS) is 18.4. The summed E-state index contributed by atoms with van der Waals surface area (Å²) in [6.45, 7) is 7.75. The third-order valence-corrected chi connectivity index (χ3v) is 8.97. The molecule has 1 aliphatic carbocycles. The Morgan fingerprint density at radius 3 is 2.43 bits per heavy atom. The number of aryl methyl sites for hydroxylation is 1. The van der Waals surface area contributed by atoms with Crippen LogP contribution in [-0.2, 0) is 27.8 Å². The third-order valence-electron chi connectivity index (χ3n) is 5.59. The summed E-state index contributed by atoms with van der Waals surface area (Å²) >= 11 is -1.24. The molecule has 1 N–H and O–H groups in total. The van der Waals surface area contributed by atoms with Gasteiger partial charge in [0.05, 0.1) is 16.5 Å². The highest BCUT2D eigenvalue weighted by Crippen LogP contribution is 2.40. The van der Waals surface area contributed by atoms with Crippen LogP contribution in [0.15, 0.2) is 53.4 Å². The molecule has 0 aliphatic heterocycles. The minimum atomic E-state index is -3.75. The van der Waals surface area contributed by atoms with E-state index in [1.807, 2.05) is 64.1 Å². The average Bonchev–Trinajstić information content (AvgIpc) is 3.03. The molecule has 1 aliphatic rings. The summed E-state index contributed by atoms with van der Waals surface area (Å²) in [5, 5.41) is 0.909. The lowest BCUT2D eigenvalue weighted by Gasteiger charge is -2.30. The van der Waals surface area contributed by atoms with Crippen LogP contribution in [0.25, 0.3) is 10.9 Å². The van der Waals surface area contributed by atoms with Gasteiger partial charge in [-0.2, -0.15) is 0 Å².